The molecule has 1 N–H and O–H groups in total. The molecular formula is C20H20N6O2. The van der Waals surface area contributed by atoms with Gasteiger partial charge in [-0.15, -0.1) is 0 Å². The Hall–Kier alpha value is -3.13. The number of hydrogen-bond acceptors (Lipinski definition) is 7. The summed E-state index contributed by atoms with van der Waals surface area (Å²) in [7, 11) is 0. The van der Waals surface area contributed by atoms with Gasteiger partial charge in [-0.2, -0.15) is 5.10 Å². The van der Waals surface area contributed by atoms with Crippen molar-refractivity contribution >= 4 is 5.82 Å². The molecule has 2 atom stereocenters. The average Bonchev–Trinajstić information content (AvgIpc) is 3.49. The van der Waals surface area contributed by atoms with Crippen LogP contribution in [0.15, 0.2) is 53.8 Å². The van der Waals surface area contributed by atoms with E-state index in [4.69, 9.17) is 4.74 Å². The minimum Gasteiger partial charge on any atom is -0.377 e. The molecular weight excluding hydrogens is 356 g/mol. The topological polar surface area (TPSA) is 94.8 Å². The van der Waals surface area contributed by atoms with E-state index in [9.17, 15) is 4.79 Å². The van der Waals surface area contributed by atoms with Crippen molar-refractivity contribution in [1.82, 2.24) is 24.7 Å². The first-order valence-electron chi connectivity index (χ1n) is 9.45. The van der Waals surface area contributed by atoms with Crippen LogP contribution in [0.3, 0.4) is 0 Å². The Bertz CT molecular complexity index is 1030. The summed E-state index contributed by atoms with van der Waals surface area (Å²) < 4.78 is 7.21. The number of ether oxygens (including phenoxy) is 1. The van der Waals surface area contributed by atoms with Crippen LogP contribution in [-0.2, 0) is 4.74 Å². The van der Waals surface area contributed by atoms with Gasteiger partial charge in [0.05, 0.1) is 30.6 Å². The van der Waals surface area contributed by atoms with Gasteiger partial charge in [0.25, 0.3) is 5.56 Å². The van der Waals surface area contributed by atoms with Crippen LogP contribution in [0.2, 0.25) is 0 Å². The summed E-state index contributed by atoms with van der Waals surface area (Å²) in [6, 6.07) is 6.71. The maximum absolute atomic E-state index is 12.5. The lowest BCUT2D eigenvalue weighted by atomic mass is 10.1. The lowest BCUT2D eigenvalue weighted by Crippen LogP contribution is -2.37. The fraction of sp³-hybridized carbons (Fsp3) is 0.350. The van der Waals surface area contributed by atoms with Crippen molar-refractivity contribution in [2.75, 3.05) is 18.5 Å². The van der Waals surface area contributed by atoms with E-state index in [1.54, 1.807) is 36.9 Å². The molecule has 2 fully saturated rings. The van der Waals surface area contributed by atoms with Crippen molar-refractivity contribution in [2.24, 2.45) is 0 Å². The standard InChI is InChI=1S/C20H20N6O2/c27-18-4-3-15(13-5-7-21-8-6-13)25-26(18)17-12-28-11-16(17)24-20-19(14-1-2-14)22-9-10-23-20/h3-10,14,16-17H,1-2,11-12H2,(H,23,24). The summed E-state index contributed by atoms with van der Waals surface area (Å²) in [5.41, 5.74) is 2.49. The first kappa shape index (κ1) is 17.0. The largest absolute Gasteiger partial charge is 0.377 e. The second-order valence-electron chi connectivity index (χ2n) is 7.16. The first-order valence-corrected chi connectivity index (χ1v) is 9.45. The second kappa shape index (κ2) is 7.12. The van der Waals surface area contributed by atoms with Gasteiger partial charge in [0.15, 0.2) is 0 Å². The van der Waals surface area contributed by atoms with Crippen LogP contribution in [-0.4, -0.2) is 44.0 Å². The molecule has 4 heterocycles. The lowest BCUT2D eigenvalue weighted by molar-refractivity contribution is 0.183. The quantitative estimate of drug-likeness (QED) is 0.728. The smallest absolute Gasteiger partial charge is 0.267 e. The van der Waals surface area contributed by atoms with Crippen LogP contribution in [0.4, 0.5) is 5.82 Å². The summed E-state index contributed by atoms with van der Waals surface area (Å²) in [4.78, 5) is 25.6. The van der Waals surface area contributed by atoms with Gasteiger partial charge in [0.2, 0.25) is 0 Å². The first-order chi connectivity index (χ1) is 13.8. The van der Waals surface area contributed by atoms with Crippen LogP contribution in [0, 0.1) is 0 Å². The molecule has 142 valence electrons. The van der Waals surface area contributed by atoms with Gasteiger partial charge in [0, 0.05) is 42.3 Å². The highest BCUT2D eigenvalue weighted by molar-refractivity contribution is 5.57. The number of nitrogens with one attached hydrogen (secondary N) is 1. The maximum Gasteiger partial charge on any atom is 0.267 e. The summed E-state index contributed by atoms with van der Waals surface area (Å²) in [6.07, 6.45) is 9.13. The molecule has 1 aliphatic heterocycles. The third kappa shape index (κ3) is 3.27. The molecule has 1 saturated carbocycles. The predicted molar refractivity (Wildman–Crippen MR) is 103 cm³/mol. The summed E-state index contributed by atoms with van der Waals surface area (Å²) in [5.74, 6) is 1.26. The zero-order valence-electron chi connectivity index (χ0n) is 15.2. The zero-order chi connectivity index (χ0) is 18.9. The monoisotopic (exact) mass is 376 g/mol. The van der Waals surface area contributed by atoms with E-state index >= 15 is 0 Å². The van der Waals surface area contributed by atoms with Gasteiger partial charge in [-0.05, 0) is 31.0 Å². The predicted octanol–water partition coefficient (Wildman–Crippen LogP) is 2.02. The number of hydrogen-bond donors (Lipinski definition) is 1. The summed E-state index contributed by atoms with van der Waals surface area (Å²) in [5, 5.41) is 8.06. The maximum atomic E-state index is 12.5. The Labute approximate surface area is 161 Å². The summed E-state index contributed by atoms with van der Waals surface area (Å²) in [6.45, 7) is 0.905. The minimum absolute atomic E-state index is 0.105. The number of aromatic nitrogens is 5. The van der Waals surface area contributed by atoms with Gasteiger partial charge in [-0.25, -0.2) is 9.67 Å². The Morgan fingerprint density at radius 1 is 1.00 bits per heavy atom. The summed E-state index contributed by atoms with van der Waals surface area (Å²) >= 11 is 0. The molecule has 0 radical (unpaired) electrons. The molecule has 0 amide bonds. The Kier molecular flexibility index (Phi) is 4.32. The lowest BCUT2D eigenvalue weighted by Gasteiger charge is -2.22. The minimum atomic E-state index is -0.219. The van der Waals surface area contributed by atoms with Crippen molar-refractivity contribution in [3.8, 4) is 11.3 Å². The van der Waals surface area contributed by atoms with Crippen molar-refractivity contribution < 1.29 is 4.74 Å². The molecule has 1 saturated heterocycles. The average molecular weight is 376 g/mol. The normalized spacial score (nSPS) is 21.6. The molecule has 8 heteroatoms. The molecule has 2 unspecified atom stereocenters. The third-order valence-corrected chi connectivity index (χ3v) is 5.18. The molecule has 3 aromatic heterocycles. The molecule has 3 aromatic rings. The molecule has 0 aromatic carbocycles. The van der Waals surface area contributed by atoms with Crippen molar-refractivity contribution in [2.45, 2.75) is 30.8 Å². The Balaban J connectivity index is 1.45. The molecule has 0 spiro atoms. The van der Waals surface area contributed by atoms with Gasteiger partial charge in [0.1, 0.15) is 11.9 Å². The van der Waals surface area contributed by atoms with E-state index in [0.29, 0.717) is 19.1 Å². The fourth-order valence-electron chi connectivity index (χ4n) is 3.55. The zero-order valence-corrected chi connectivity index (χ0v) is 15.2. The number of pyridine rings is 1. The van der Waals surface area contributed by atoms with Crippen LogP contribution in [0.25, 0.3) is 11.3 Å². The Morgan fingerprint density at radius 2 is 1.82 bits per heavy atom. The van der Waals surface area contributed by atoms with Crippen molar-refractivity contribution in [1.29, 1.82) is 0 Å². The second-order valence-corrected chi connectivity index (χ2v) is 7.16. The van der Waals surface area contributed by atoms with E-state index in [1.165, 1.54) is 4.68 Å². The van der Waals surface area contributed by atoms with E-state index in [0.717, 1.165) is 35.6 Å². The van der Waals surface area contributed by atoms with E-state index < -0.39 is 0 Å². The van der Waals surface area contributed by atoms with Crippen molar-refractivity contribution in [3.63, 3.8) is 0 Å². The van der Waals surface area contributed by atoms with Gasteiger partial charge < -0.3 is 10.1 Å². The van der Waals surface area contributed by atoms with E-state index in [-0.39, 0.29) is 17.6 Å². The molecule has 1 aliphatic carbocycles. The molecule has 0 bridgehead atoms. The van der Waals surface area contributed by atoms with Gasteiger partial charge >= 0.3 is 0 Å². The molecule has 5 rings (SSSR count). The van der Waals surface area contributed by atoms with Crippen LogP contribution >= 0.6 is 0 Å². The van der Waals surface area contributed by atoms with E-state index in [1.807, 2.05) is 12.1 Å². The number of anilines is 1. The number of rotatable bonds is 5. The van der Waals surface area contributed by atoms with Gasteiger partial charge in [-0.3, -0.25) is 14.8 Å². The van der Waals surface area contributed by atoms with E-state index in [2.05, 4.69) is 25.4 Å². The fourth-order valence-corrected chi connectivity index (χ4v) is 3.55. The highest BCUT2D eigenvalue weighted by atomic mass is 16.5. The molecule has 28 heavy (non-hydrogen) atoms. The number of nitrogens with zero attached hydrogens (tertiary/aromatic N) is 5. The molecule has 8 nitrogen and oxygen atoms in total. The Morgan fingerprint density at radius 3 is 2.64 bits per heavy atom. The highest BCUT2D eigenvalue weighted by Gasteiger charge is 2.34. The van der Waals surface area contributed by atoms with Crippen LogP contribution < -0.4 is 10.9 Å². The molecule has 2 aliphatic rings. The SMILES string of the molecule is O=c1ccc(-c2ccncc2)nn1C1COCC1Nc1nccnc1C1CC1. The third-order valence-electron chi connectivity index (χ3n) is 5.18. The van der Waals surface area contributed by atoms with Crippen molar-refractivity contribution in [3.05, 3.63) is 65.1 Å². The van der Waals surface area contributed by atoms with Gasteiger partial charge in [-0.1, -0.05) is 0 Å². The van der Waals surface area contributed by atoms with Crippen LogP contribution in [0.1, 0.15) is 30.5 Å². The van der Waals surface area contributed by atoms with Crippen LogP contribution in [0.5, 0.6) is 0 Å². The highest BCUT2D eigenvalue weighted by Crippen LogP contribution is 2.41.